The Kier molecular flexibility index (Phi) is 9.04. The van der Waals surface area contributed by atoms with Crippen molar-refractivity contribution in [2.24, 2.45) is 0 Å². The minimum Gasteiger partial charge on any atom is -0.497 e. The van der Waals surface area contributed by atoms with Crippen LogP contribution < -0.4 is 15.4 Å². The molecule has 0 saturated carbocycles. The molecule has 0 spiro atoms. The van der Waals surface area contributed by atoms with E-state index in [0.717, 1.165) is 11.1 Å². The molecule has 1 amide bonds. The van der Waals surface area contributed by atoms with Gasteiger partial charge in [0, 0.05) is 6.54 Å². The number of methoxy groups -OCH3 is 1. The van der Waals surface area contributed by atoms with Crippen molar-refractivity contribution in [3.8, 4) is 5.75 Å². The maximum atomic E-state index is 12.4. The molecule has 0 aliphatic heterocycles. The first-order chi connectivity index (χ1) is 15.1. The normalized spacial score (nSPS) is 14.2. The van der Waals surface area contributed by atoms with Gasteiger partial charge in [-0.25, -0.2) is 4.79 Å². The standard InChI is InChI=1S/C24H32N2O6/c1-24(2,3)32-23(30)26-19(14-16-9-6-5-7-10-16)21(27)20(22(28)29)25-15-17-11-8-12-18(13-17)31-4/h5-13,19-21,25,27H,14-15H2,1-4H3,(H,26,30)(H,28,29)/t19-,20+,21-/m0/s1. The fourth-order valence-electron chi connectivity index (χ4n) is 3.18. The quantitative estimate of drug-likeness (QED) is 0.445. The van der Waals surface area contributed by atoms with E-state index in [9.17, 15) is 19.8 Å². The monoisotopic (exact) mass is 444 g/mol. The van der Waals surface area contributed by atoms with E-state index in [2.05, 4.69) is 10.6 Å². The maximum Gasteiger partial charge on any atom is 0.407 e. The van der Waals surface area contributed by atoms with Gasteiger partial charge in [-0.15, -0.1) is 0 Å². The lowest BCUT2D eigenvalue weighted by atomic mass is 9.96. The second-order valence-corrected chi connectivity index (χ2v) is 8.48. The van der Waals surface area contributed by atoms with E-state index >= 15 is 0 Å². The minimum absolute atomic E-state index is 0.190. The molecule has 2 aromatic rings. The fourth-order valence-corrected chi connectivity index (χ4v) is 3.18. The van der Waals surface area contributed by atoms with Crippen LogP contribution in [0.15, 0.2) is 54.6 Å². The highest BCUT2D eigenvalue weighted by atomic mass is 16.6. The van der Waals surface area contributed by atoms with E-state index in [4.69, 9.17) is 9.47 Å². The molecule has 0 bridgehead atoms. The third-order valence-electron chi connectivity index (χ3n) is 4.68. The average molecular weight is 445 g/mol. The van der Waals surface area contributed by atoms with Crippen molar-refractivity contribution >= 4 is 12.1 Å². The first kappa shape index (κ1) is 25.2. The Balaban J connectivity index is 2.18. The minimum atomic E-state index is -1.43. The second-order valence-electron chi connectivity index (χ2n) is 8.48. The second kappa shape index (κ2) is 11.5. The summed E-state index contributed by atoms with van der Waals surface area (Å²) in [7, 11) is 1.55. The number of carbonyl (C=O) groups is 2. The number of hydrogen-bond donors (Lipinski definition) is 4. The van der Waals surface area contributed by atoms with Crippen LogP contribution in [0.1, 0.15) is 31.9 Å². The number of hydrogen-bond acceptors (Lipinski definition) is 6. The number of nitrogens with one attached hydrogen (secondary N) is 2. The first-order valence-corrected chi connectivity index (χ1v) is 10.4. The molecule has 3 atom stereocenters. The van der Waals surface area contributed by atoms with Crippen LogP contribution >= 0.6 is 0 Å². The number of carboxylic acids is 1. The summed E-state index contributed by atoms with van der Waals surface area (Å²) in [5.41, 5.74) is 0.899. The van der Waals surface area contributed by atoms with Gasteiger partial charge in [0.1, 0.15) is 23.5 Å². The van der Waals surface area contributed by atoms with Crippen molar-refractivity contribution in [3.63, 3.8) is 0 Å². The number of ether oxygens (including phenoxy) is 2. The predicted molar refractivity (Wildman–Crippen MR) is 121 cm³/mol. The summed E-state index contributed by atoms with van der Waals surface area (Å²) >= 11 is 0. The molecule has 0 aliphatic rings. The topological polar surface area (TPSA) is 117 Å². The van der Waals surface area contributed by atoms with Crippen LogP contribution in [0.4, 0.5) is 4.79 Å². The molecule has 0 unspecified atom stereocenters. The van der Waals surface area contributed by atoms with Crippen LogP contribution in [-0.4, -0.2) is 53.2 Å². The molecule has 0 aliphatic carbocycles. The molecular formula is C24H32N2O6. The Labute approximate surface area is 188 Å². The number of aliphatic carboxylic acids is 1. The third kappa shape index (κ3) is 8.20. The molecule has 0 heterocycles. The molecule has 2 rings (SSSR count). The van der Waals surface area contributed by atoms with Gasteiger partial charge < -0.3 is 25.0 Å². The van der Waals surface area contributed by atoms with Crippen LogP contribution in [0.5, 0.6) is 5.75 Å². The zero-order valence-corrected chi connectivity index (χ0v) is 18.9. The Morgan fingerprint density at radius 2 is 1.69 bits per heavy atom. The smallest absolute Gasteiger partial charge is 0.407 e. The molecule has 2 aromatic carbocycles. The summed E-state index contributed by atoms with van der Waals surface area (Å²) in [6, 6.07) is 14.2. The van der Waals surface area contributed by atoms with Gasteiger partial charge in [0.25, 0.3) is 0 Å². The highest BCUT2D eigenvalue weighted by Crippen LogP contribution is 2.15. The summed E-state index contributed by atoms with van der Waals surface area (Å²) in [6.07, 6.45) is -1.92. The number of carboxylic acid groups (broad SMARTS) is 1. The van der Waals surface area contributed by atoms with Gasteiger partial charge >= 0.3 is 12.1 Å². The molecule has 8 heteroatoms. The molecule has 0 radical (unpaired) electrons. The zero-order chi connectivity index (χ0) is 23.7. The summed E-state index contributed by atoms with van der Waals surface area (Å²) < 4.78 is 10.5. The molecule has 8 nitrogen and oxygen atoms in total. The van der Waals surface area contributed by atoms with Gasteiger partial charge in [-0.05, 0) is 50.5 Å². The van der Waals surface area contributed by atoms with Gasteiger partial charge in [0.15, 0.2) is 0 Å². The Morgan fingerprint density at radius 1 is 1.03 bits per heavy atom. The number of aliphatic hydroxyl groups is 1. The molecular weight excluding hydrogens is 412 g/mol. The fraction of sp³-hybridized carbons (Fsp3) is 0.417. The van der Waals surface area contributed by atoms with Crippen LogP contribution in [0.25, 0.3) is 0 Å². The summed E-state index contributed by atoms with van der Waals surface area (Å²) in [5, 5.41) is 26.3. The third-order valence-corrected chi connectivity index (χ3v) is 4.68. The van der Waals surface area contributed by atoms with Crippen molar-refractivity contribution in [3.05, 3.63) is 65.7 Å². The Bertz CT molecular complexity index is 882. The summed E-state index contributed by atoms with van der Waals surface area (Å²) in [4.78, 5) is 24.3. The van der Waals surface area contributed by atoms with Gasteiger partial charge in [0.2, 0.25) is 0 Å². The molecule has 32 heavy (non-hydrogen) atoms. The van der Waals surface area contributed by atoms with E-state index in [1.54, 1.807) is 46.1 Å². The average Bonchev–Trinajstić information content (AvgIpc) is 2.72. The Morgan fingerprint density at radius 3 is 2.28 bits per heavy atom. The molecule has 4 N–H and O–H groups in total. The lowest BCUT2D eigenvalue weighted by Crippen LogP contribution is -2.57. The first-order valence-electron chi connectivity index (χ1n) is 10.4. The van der Waals surface area contributed by atoms with Gasteiger partial charge in [-0.1, -0.05) is 42.5 Å². The number of aliphatic hydroxyl groups excluding tert-OH is 1. The van der Waals surface area contributed by atoms with Crippen molar-refractivity contribution in [2.75, 3.05) is 7.11 Å². The van der Waals surface area contributed by atoms with Crippen LogP contribution in [0, 0.1) is 0 Å². The van der Waals surface area contributed by atoms with Crippen molar-refractivity contribution in [1.29, 1.82) is 0 Å². The highest BCUT2D eigenvalue weighted by Gasteiger charge is 2.34. The van der Waals surface area contributed by atoms with Crippen LogP contribution in [-0.2, 0) is 22.5 Å². The van der Waals surface area contributed by atoms with Crippen molar-refractivity contribution in [1.82, 2.24) is 10.6 Å². The van der Waals surface area contributed by atoms with Gasteiger partial charge in [-0.3, -0.25) is 10.1 Å². The number of amides is 1. The number of alkyl carbamates (subject to hydrolysis) is 1. The zero-order valence-electron chi connectivity index (χ0n) is 18.9. The largest absolute Gasteiger partial charge is 0.497 e. The lowest BCUT2D eigenvalue weighted by Gasteiger charge is -2.30. The molecule has 0 fully saturated rings. The van der Waals surface area contributed by atoms with Gasteiger partial charge in [0.05, 0.1) is 13.2 Å². The van der Waals surface area contributed by atoms with E-state index in [-0.39, 0.29) is 13.0 Å². The Hall–Kier alpha value is -3.10. The van der Waals surface area contributed by atoms with Crippen molar-refractivity contribution in [2.45, 2.75) is 57.5 Å². The van der Waals surface area contributed by atoms with Crippen LogP contribution in [0.3, 0.4) is 0 Å². The lowest BCUT2D eigenvalue weighted by molar-refractivity contribution is -0.143. The SMILES string of the molecule is COc1cccc(CN[C@@H](C(=O)O)[C@@H](O)[C@H](Cc2ccccc2)NC(=O)OC(C)(C)C)c1. The maximum absolute atomic E-state index is 12.4. The summed E-state index contributed by atoms with van der Waals surface area (Å²) in [5.74, 6) is -0.588. The van der Waals surface area contributed by atoms with E-state index in [0.29, 0.717) is 5.75 Å². The van der Waals surface area contributed by atoms with Crippen LogP contribution in [0.2, 0.25) is 0 Å². The number of rotatable bonds is 10. The molecule has 0 saturated heterocycles. The van der Waals surface area contributed by atoms with Crippen molar-refractivity contribution < 1.29 is 29.3 Å². The van der Waals surface area contributed by atoms with E-state index < -0.39 is 35.9 Å². The number of carbonyl (C=O) groups excluding carboxylic acids is 1. The highest BCUT2D eigenvalue weighted by molar-refractivity contribution is 5.75. The number of benzene rings is 2. The molecule has 0 aromatic heterocycles. The predicted octanol–water partition coefficient (Wildman–Crippen LogP) is 2.73. The van der Waals surface area contributed by atoms with E-state index in [1.165, 1.54) is 0 Å². The molecule has 174 valence electrons. The van der Waals surface area contributed by atoms with E-state index in [1.807, 2.05) is 36.4 Å². The summed E-state index contributed by atoms with van der Waals surface area (Å²) in [6.45, 7) is 5.37. The van der Waals surface area contributed by atoms with Gasteiger partial charge in [-0.2, -0.15) is 0 Å².